The van der Waals surface area contributed by atoms with Gasteiger partial charge in [-0.05, 0) is 34.7 Å². The summed E-state index contributed by atoms with van der Waals surface area (Å²) in [6.45, 7) is 2.10. The molecular weight excluding hydrogens is 280 g/mol. The Labute approximate surface area is 111 Å². The van der Waals surface area contributed by atoms with Crippen molar-refractivity contribution >= 4 is 15.9 Å². The third-order valence-electron chi connectivity index (χ3n) is 3.76. The van der Waals surface area contributed by atoms with Crippen LogP contribution in [0.5, 0.6) is 0 Å². The highest BCUT2D eigenvalue weighted by Crippen LogP contribution is 2.32. The van der Waals surface area contributed by atoms with E-state index < -0.39 is 0 Å². The maximum atomic E-state index is 10.1. The SMILES string of the molecule is CCc1nn(C)c(CC(O)CC2CCC2)c1Br. The molecule has 1 heterocycles. The van der Waals surface area contributed by atoms with E-state index in [2.05, 4.69) is 28.0 Å². The molecule has 3 nitrogen and oxygen atoms in total. The van der Waals surface area contributed by atoms with Gasteiger partial charge in [0.15, 0.2) is 0 Å². The summed E-state index contributed by atoms with van der Waals surface area (Å²) in [6, 6.07) is 0. The first-order valence-corrected chi connectivity index (χ1v) is 7.29. The number of nitrogens with zero attached hydrogens (tertiary/aromatic N) is 2. The van der Waals surface area contributed by atoms with Gasteiger partial charge in [0.2, 0.25) is 0 Å². The molecular formula is C13H21BrN2O. The first kappa shape index (κ1) is 13.1. The van der Waals surface area contributed by atoms with Crippen molar-refractivity contribution in [2.24, 2.45) is 13.0 Å². The molecule has 1 aliphatic carbocycles. The standard InChI is InChI=1S/C13H21BrN2O/c1-3-11-13(14)12(16(2)15-11)8-10(17)7-9-5-4-6-9/h9-10,17H,3-8H2,1-2H3. The van der Waals surface area contributed by atoms with E-state index in [9.17, 15) is 5.11 Å². The lowest BCUT2D eigenvalue weighted by molar-refractivity contribution is 0.116. The molecule has 2 rings (SSSR count). The molecule has 1 fully saturated rings. The molecule has 0 aromatic carbocycles. The molecule has 1 atom stereocenters. The van der Waals surface area contributed by atoms with Crippen LogP contribution in [0.15, 0.2) is 4.47 Å². The fourth-order valence-corrected chi connectivity index (χ4v) is 3.24. The minimum atomic E-state index is -0.225. The molecule has 0 radical (unpaired) electrons. The zero-order valence-corrected chi connectivity index (χ0v) is 12.2. The molecule has 1 aromatic heterocycles. The Morgan fingerprint density at radius 2 is 2.24 bits per heavy atom. The van der Waals surface area contributed by atoms with E-state index in [1.807, 2.05) is 11.7 Å². The summed E-state index contributed by atoms with van der Waals surface area (Å²) in [5.41, 5.74) is 2.20. The predicted molar refractivity (Wildman–Crippen MR) is 72.0 cm³/mol. The summed E-state index contributed by atoms with van der Waals surface area (Å²) >= 11 is 3.59. The van der Waals surface area contributed by atoms with Gasteiger partial charge >= 0.3 is 0 Å². The second-order valence-corrected chi connectivity index (χ2v) is 5.87. The molecule has 0 aliphatic heterocycles. The first-order valence-electron chi connectivity index (χ1n) is 6.50. The van der Waals surface area contributed by atoms with E-state index in [-0.39, 0.29) is 6.10 Å². The maximum Gasteiger partial charge on any atom is 0.0766 e. The van der Waals surface area contributed by atoms with Crippen LogP contribution < -0.4 is 0 Å². The number of aromatic nitrogens is 2. The second-order valence-electron chi connectivity index (χ2n) is 5.08. The quantitative estimate of drug-likeness (QED) is 0.908. The predicted octanol–water partition coefficient (Wildman–Crippen LogP) is 2.84. The summed E-state index contributed by atoms with van der Waals surface area (Å²) in [6.07, 6.45) is 6.28. The van der Waals surface area contributed by atoms with Crippen LogP contribution >= 0.6 is 15.9 Å². The minimum absolute atomic E-state index is 0.225. The summed E-state index contributed by atoms with van der Waals surface area (Å²) in [5, 5.41) is 14.6. The fourth-order valence-electron chi connectivity index (χ4n) is 2.46. The highest BCUT2D eigenvalue weighted by Gasteiger charge is 2.23. The van der Waals surface area contributed by atoms with Gasteiger partial charge < -0.3 is 5.11 Å². The average molecular weight is 301 g/mol. The molecule has 1 unspecified atom stereocenters. The van der Waals surface area contributed by atoms with Crippen molar-refractivity contribution in [1.29, 1.82) is 0 Å². The van der Waals surface area contributed by atoms with Crippen LogP contribution in [0.3, 0.4) is 0 Å². The topological polar surface area (TPSA) is 38.0 Å². The van der Waals surface area contributed by atoms with Gasteiger partial charge in [0.25, 0.3) is 0 Å². The lowest BCUT2D eigenvalue weighted by atomic mass is 9.81. The van der Waals surface area contributed by atoms with Crippen molar-refractivity contribution in [3.63, 3.8) is 0 Å². The van der Waals surface area contributed by atoms with Crippen LogP contribution in [0.4, 0.5) is 0 Å². The first-order chi connectivity index (χ1) is 8.11. The normalized spacial score (nSPS) is 18.1. The Kier molecular flexibility index (Phi) is 4.26. The molecule has 1 N–H and O–H groups in total. The number of aliphatic hydroxyl groups excluding tert-OH is 1. The lowest BCUT2D eigenvalue weighted by Crippen LogP contribution is -2.22. The molecule has 4 heteroatoms. The molecule has 96 valence electrons. The van der Waals surface area contributed by atoms with Crippen LogP contribution in [0.25, 0.3) is 0 Å². The number of hydrogen-bond donors (Lipinski definition) is 1. The molecule has 1 aromatic rings. The van der Waals surface area contributed by atoms with Crippen LogP contribution in [0.2, 0.25) is 0 Å². The molecule has 1 aliphatic rings. The molecule has 1 saturated carbocycles. The zero-order chi connectivity index (χ0) is 12.4. The second kappa shape index (κ2) is 5.53. The number of halogens is 1. The Balaban J connectivity index is 1.99. The van der Waals surface area contributed by atoms with Crippen molar-refractivity contribution in [3.8, 4) is 0 Å². The fraction of sp³-hybridized carbons (Fsp3) is 0.769. The highest BCUT2D eigenvalue weighted by atomic mass is 79.9. The van der Waals surface area contributed by atoms with E-state index in [0.29, 0.717) is 6.42 Å². The summed E-state index contributed by atoms with van der Waals surface area (Å²) in [7, 11) is 1.95. The average Bonchev–Trinajstić information content (AvgIpc) is 2.51. The van der Waals surface area contributed by atoms with Gasteiger partial charge in [-0.3, -0.25) is 4.68 Å². The zero-order valence-electron chi connectivity index (χ0n) is 10.6. The molecule has 17 heavy (non-hydrogen) atoms. The smallest absolute Gasteiger partial charge is 0.0766 e. The Bertz CT molecular complexity index is 385. The van der Waals surface area contributed by atoms with Gasteiger partial charge in [-0.15, -0.1) is 0 Å². The van der Waals surface area contributed by atoms with Gasteiger partial charge in [-0.25, -0.2) is 0 Å². The number of rotatable bonds is 5. The van der Waals surface area contributed by atoms with Crippen LogP contribution in [-0.4, -0.2) is 21.0 Å². The van der Waals surface area contributed by atoms with E-state index in [1.54, 1.807) is 0 Å². The third kappa shape index (κ3) is 2.91. The van der Waals surface area contributed by atoms with Crippen molar-refractivity contribution in [1.82, 2.24) is 9.78 Å². The van der Waals surface area contributed by atoms with Crippen molar-refractivity contribution < 1.29 is 5.11 Å². The van der Waals surface area contributed by atoms with Crippen LogP contribution in [-0.2, 0) is 19.9 Å². The molecule has 0 amide bonds. The Morgan fingerprint density at radius 1 is 1.53 bits per heavy atom. The minimum Gasteiger partial charge on any atom is -0.393 e. The summed E-state index contributed by atoms with van der Waals surface area (Å²) < 4.78 is 2.97. The van der Waals surface area contributed by atoms with Crippen LogP contribution in [0, 0.1) is 5.92 Å². The highest BCUT2D eigenvalue weighted by molar-refractivity contribution is 9.10. The van der Waals surface area contributed by atoms with E-state index in [1.165, 1.54) is 19.3 Å². The monoisotopic (exact) mass is 300 g/mol. The van der Waals surface area contributed by atoms with Crippen LogP contribution in [0.1, 0.15) is 44.0 Å². The van der Waals surface area contributed by atoms with Gasteiger partial charge in [0, 0.05) is 13.5 Å². The number of aliphatic hydroxyl groups is 1. The molecule has 0 spiro atoms. The summed E-state index contributed by atoms with van der Waals surface area (Å²) in [4.78, 5) is 0. The van der Waals surface area contributed by atoms with Crippen molar-refractivity contribution in [2.75, 3.05) is 0 Å². The Hall–Kier alpha value is -0.350. The van der Waals surface area contributed by atoms with Gasteiger partial charge in [-0.1, -0.05) is 26.2 Å². The molecule has 0 bridgehead atoms. The largest absolute Gasteiger partial charge is 0.393 e. The number of aryl methyl sites for hydroxylation is 2. The van der Waals surface area contributed by atoms with Gasteiger partial charge in [0.05, 0.1) is 22.0 Å². The summed E-state index contributed by atoms with van der Waals surface area (Å²) in [5.74, 6) is 0.752. The van der Waals surface area contributed by atoms with Gasteiger partial charge in [-0.2, -0.15) is 5.10 Å². The third-order valence-corrected chi connectivity index (χ3v) is 4.68. The van der Waals surface area contributed by atoms with E-state index >= 15 is 0 Å². The van der Waals surface area contributed by atoms with Gasteiger partial charge in [0.1, 0.15) is 0 Å². The Morgan fingerprint density at radius 3 is 2.71 bits per heavy atom. The maximum absolute atomic E-state index is 10.1. The van der Waals surface area contributed by atoms with E-state index in [0.717, 1.165) is 34.6 Å². The lowest BCUT2D eigenvalue weighted by Gasteiger charge is -2.27. The van der Waals surface area contributed by atoms with E-state index in [4.69, 9.17) is 0 Å². The van der Waals surface area contributed by atoms with Crippen molar-refractivity contribution in [3.05, 3.63) is 15.9 Å². The number of hydrogen-bond acceptors (Lipinski definition) is 2. The molecule has 0 saturated heterocycles. The van der Waals surface area contributed by atoms with Crippen molar-refractivity contribution in [2.45, 2.75) is 51.6 Å².